The summed E-state index contributed by atoms with van der Waals surface area (Å²) in [5.41, 5.74) is -0.0880. The summed E-state index contributed by atoms with van der Waals surface area (Å²) in [6.07, 6.45) is -0.0301. The zero-order chi connectivity index (χ0) is 27.0. The summed E-state index contributed by atoms with van der Waals surface area (Å²) in [7, 11) is 0. The number of unbranched alkanes of at least 4 members (excludes halogenated alkanes) is 2. The molecule has 3 aromatic rings. The van der Waals surface area contributed by atoms with Gasteiger partial charge in [0.2, 0.25) is 5.88 Å². The van der Waals surface area contributed by atoms with Crippen LogP contribution in [0.25, 0.3) is 22.1 Å². The molecule has 0 radical (unpaired) electrons. The Labute approximate surface area is 212 Å². The number of halogens is 3. The van der Waals surface area contributed by atoms with E-state index in [0.717, 1.165) is 12.8 Å². The molecule has 0 saturated carbocycles. The fraction of sp³-hybridized carbons (Fsp3) is 0.444. The first-order valence-electron chi connectivity index (χ1n) is 12.2. The molecule has 3 rings (SSSR count). The fourth-order valence-electron chi connectivity index (χ4n) is 3.52. The fourth-order valence-corrected chi connectivity index (χ4v) is 3.52. The second kappa shape index (κ2) is 12.6. The Morgan fingerprint density at radius 3 is 2.51 bits per heavy atom. The number of benzene rings is 1. The van der Waals surface area contributed by atoms with E-state index in [-0.39, 0.29) is 34.5 Å². The summed E-state index contributed by atoms with van der Waals surface area (Å²) in [4.78, 5) is 28.5. The van der Waals surface area contributed by atoms with Crippen LogP contribution in [0.2, 0.25) is 0 Å². The van der Waals surface area contributed by atoms with E-state index in [0.29, 0.717) is 43.4 Å². The number of ether oxygens (including phenoxy) is 3. The van der Waals surface area contributed by atoms with Crippen molar-refractivity contribution in [3.63, 3.8) is 0 Å². The number of carbonyl (C=O) groups excluding carboxylic acids is 1. The van der Waals surface area contributed by atoms with Gasteiger partial charge in [0.1, 0.15) is 11.3 Å². The van der Waals surface area contributed by atoms with Gasteiger partial charge in [-0.25, -0.2) is 9.78 Å². The first-order chi connectivity index (χ1) is 17.6. The zero-order valence-corrected chi connectivity index (χ0v) is 21.0. The molecular weight excluding hydrogens is 491 g/mol. The number of alkyl halides is 3. The van der Waals surface area contributed by atoms with Crippen molar-refractivity contribution in [2.45, 2.75) is 59.2 Å². The van der Waals surface area contributed by atoms with Crippen molar-refractivity contribution in [3.05, 3.63) is 52.5 Å². The first-order valence-corrected chi connectivity index (χ1v) is 12.2. The number of nitrogens with zero attached hydrogens (tertiary/aromatic N) is 1. The Morgan fingerprint density at radius 1 is 1.05 bits per heavy atom. The molecule has 0 spiro atoms. The molecule has 0 aliphatic carbocycles. The van der Waals surface area contributed by atoms with Crippen LogP contribution < -0.4 is 15.1 Å². The van der Waals surface area contributed by atoms with Crippen LogP contribution in [0.3, 0.4) is 0 Å². The average molecular weight is 522 g/mol. The van der Waals surface area contributed by atoms with Crippen molar-refractivity contribution in [1.82, 2.24) is 4.98 Å². The minimum Gasteiger partial charge on any atom is -0.478 e. The normalized spacial score (nSPS) is 12.4. The number of carbonyl (C=O) groups is 1. The highest BCUT2D eigenvalue weighted by Gasteiger charge is 2.32. The standard InChI is InChI=1S/C27H30F3NO6/c1-4-17(3)25(32)35-12-8-6-7-11-34-24-15-22-19(16-31-24)14-21(26(33)36-22)20-10-9-18(5-2)13-23(20)37-27(28,29)30/h9-10,13-17H,4-8,11-12H2,1-3H3. The van der Waals surface area contributed by atoms with Gasteiger partial charge in [-0.15, -0.1) is 13.2 Å². The van der Waals surface area contributed by atoms with Crippen LogP contribution >= 0.6 is 0 Å². The Bertz CT molecular complexity index is 1270. The third-order valence-corrected chi connectivity index (χ3v) is 5.86. The Hall–Kier alpha value is -3.56. The molecule has 1 atom stereocenters. The van der Waals surface area contributed by atoms with Gasteiger partial charge in [0, 0.05) is 23.2 Å². The van der Waals surface area contributed by atoms with Crippen LogP contribution in [0.1, 0.15) is 52.0 Å². The maximum atomic E-state index is 13.0. The van der Waals surface area contributed by atoms with Crippen LogP contribution in [0.15, 0.2) is 45.7 Å². The van der Waals surface area contributed by atoms with Crippen molar-refractivity contribution < 1.29 is 36.6 Å². The summed E-state index contributed by atoms with van der Waals surface area (Å²) in [5.74, 6) is -0.512. The molecule has 1 aromatic carbocycles. The van der Waals surface area contributed by atoms with Crippen LogP contribution in [-0.2, 0) is 16.0 Å². The molecule has 0 bridgehead atoms. The highest BCUT2D eigenvalue weighted by molar-refractivity contribution is 5.83. The highest BCUT2D eigenvalue weighted by atomic mass is 19.4. The molecule has 7 nitrogen and oxygen atoms in total. The SMILES string of the molecule is CCc1ccc(-c2cc3cnc(OCCCCCOC(=O)C(C)CC)cc3oc2=O)c(OC(F)(F)F)c1. The summed E-state index contributed by atoms with van der Waals surface area (Å²) in [6, 6.07) is 7.18. The lowest BCUT2D eigenvalue weighted by molar-refractivity contribution is -0.274. The predicted octanol–water partition coefficient (Wildman–Crippen LogP) is 6.45. The molecule has 2 aromatic heterocycles. The molecule has 0 aliphatic rings. The lowest BCUT2D eigenvalue weighted by Crippen LogP contribution is -2.18. The van der Waals surface area contributed by atoms with Gasteiger partial charge in [-0.05, 0) is 49.8 Å². The maximum Gasteiger partial charge on any atom is 0.573 e. The van der Waals surface area contributed by atoms with Gasteiger partial charge in [0.15, 0.2) is 0 Å². The third-order valence-electron chi connectivity index (χ3n) is 5.86. The first kappa shape index (κ1) is 28.0. The highest BCUT2D eigenvalue weighted by Crippen LogP contribution is 2.34. The van der Waals surface area contributed by atoms with Crippen LogP contribution in [0.5, 0.6) is 11.6 Å². The molecule has 10 heteroatoms. The number of esters is 1. The third kappa shape index (κ3) is 7.96. The van der Waals surface area contributed by atoms with E-state index in [2.05, 4.69) is 9.72 Å². The summed E-state index contributed by atoms with van der Waals surface area (Å²) in [6.45, 7) is 6.29. The van der Waals surface area contributed by atoms with E-state index >= 15 is 0 Å². The van der Waals surface area contributed by atoms with E-state index in [4.69, 9.17) is 13.9 Å². The molecule has 0 N–H and O–H groups in total. The van der Waals surface area contributed by atoms with E-state index in [1.54, 1.807) is 13.0 Å². The lowest BCUT2D eigenvalue weighted by Gasteiger charge is -2.14. The molecule has 0 fully saturated rings. The predicted molar refractivity (Wildman–Crippen MR) is 132 cm³/mol. The van der Waals surface area contributed by atoms with Gasteiger partial charge in [-0.2, -0.15) is 0 Å². The van der Waals surface area contributed by atoms with Crippen molar-refractivity contribution in [2.24, 2.45) is 5.92 Å². The molecule has 1 unspecified atom stereocenters. The molecule has 0 aliphatic heterocycles. The maximum absolute atomic E-state index is 13.0. The monoisotopic (exact) mass is 521 g/mol. The van der Waals surface area contributed by atoms with Crippen LogP contribution in [0.4, 0.5) is 13.2 Å². The summed E-state index contributed by atoms with van der Waals surface area (Å²) >= 11 is 0. The average Bonchev–Trinajstić information content (AvgIpc) is 2.86. The van der Waals surface area contributed by atoms with Crippen molar-refractivity contribution in [2.75, 3.05) is 13.2 Å². The van der Waals surface area contributed by atoms with E-state index < -0.39 is 17.7 Å². The van der Waals surface area contributed by atoms with E-state index in [1.807, 2.05) is 13.8 Å². The molecule has 0 amide bonds. The van der Waals surface area contributed by atoms with Crippen molar-refractivity contribution in [3.8, 4) is 22.8 Å². The molecule has 200 valence electrons. The smallest absolute Gasteiger partial charge is 0.478 e. The van der Waals surface area contributed by atoms with Gasteiger partial charge in [-0.1, -0.05) is 32.9 Å². The number of aryl methyl sites for hydroxylation is 1. The van der Waals surface area contributed by atoms with Gasteiger partial charge < -0.3 is 18.6 Å². The molecule has 2 heterocycles. The van der Waals surface area contributed by atoms with Crippen molar-refractivity contribution in [1.29, 1.82) is 0 Å². The quantitative estimate of drug-likeness (QED) is 0.200. The second-order valence-electron chi connectivity index (χ2n) is 8.63. The number of hydrogen-bond donors (Lipinski definition) is 0. The number of rotatable bonds is 12. The van der Waals surface area contributed by atoms with Gasteiger partial charge in [0.25, 0.3) is 0 Å². The number of fused-ring (bicyclic) bond motifs is 1. The molecule has 37 heavy (non-hydrogen) atoms. The minimum absolute atomic E-state index is 0.0275. The van der Waals surface area contributed by atoms with Gasteiger partial charge >= 0.3 is 18.0 Å². The van der Waals surface area contributed by atoms with E-state index in [9.17, 15) is 22.8 Å². The zero-order valence-electron chi connectivity index (χ0n) is 21.0. The number of aromatic nitrogens is 1. The summed E-state index contributed by atoms with van der Waals surface area (Å²) < 4.78 is 59.3. The summed E-state index contributed by atoms with van der Waals surface area (Å²) in [5, 5.41) is 0.419. The second-order valence-corrected chi connectivity index (χ2v) is 8.63. The topological polar surface area (TPSA) is 87.9 Å². The van der Waals surface area contributed by atoms with Crippen LogP contribution in [-0.4, -0.2) is 30.5 Å². The van der Waals surface area contributed by atoms with Crippen LogP contribution in [0, 0.1) is 5.92 Å². The Morgan fingerprint density at radius 2 is 1.81 bits per heavy atom. The van der Waals surface area contributed by atoms with Gasteiger partial charge in [0.05, 0.1) is 24.7 Å². The Balaban J connectivity index is 1.65. The molecule has 0 saturated heterocycles. The minimum atomic E-state index is -4.91. The number of hydrogen-bond acceptors (Lipinski definition) is 7. The largest absolute Gasteiger partial charge is 0.573 e. The van der Waals surface area contributed by atoms with Gasteiger partial charge in [-0.3, -0.25) is 4.79 Å². The molecular formula is C27H30F3NO6. The Kier molecular flexibility index (Phi) is 9.54. The lowest BCUT2D eigenvalue weighted by atomic mass is 10.0. The van der Waals surface area contributed by atoms with E-state index in [1.165, 1.54) is 30.5 Å². The number of pyridine rings is 1. The van der Waals surface area contributed by atoms with Crippen molar-refractivity contribution >= 4 is 16.9 Å².